The quantitative estimate of drug-likeness (QED) is 0.120. The van der Waals surface area contributed by atoms with Gasteiger partial charge >= 0.3 is 354 Å². The van der Waals surface area contributed by atoms with Gasteiger partial charge in [-0.05, 0) is 12.1 Å². The molecule has 0 fully saturated rings. The molecule has 308 valence electrons. The summed E-state index contributed by atoms with van der Waals surface area (Å²) < 4.78 is 5.35. The first-order chi connectivity index (χ1) is 32.8. The Labute approximate surface area is 388 Å². The van der Waals surface area contributed by atoms with Gasteiger partial charge < -0.3 is 0 Å². The molecule has 0 aliphatic heterocycles. The summed E-state index contributed by atoms with van der Waals surface area (Å²) in [5, 5.41) is 13.1. The van der Waals surface area contributed by atoms with E-state index in [1.165, 1.54) is 123 Å². The number of allylic oxidation sites excluding steroid dienone is 4. The molecule has 2 heterocycles. The Hall–Kier alpha value is -7.74. The van der Waals surface area contributed by atoms with Crippen LogP contribution in [0.5, 0.6) is 0 Å². The van der Waals surface area contributed by atoms with Crippen molar-refractivity contribution < 1.29 is 0 Å². The predicted molar refractivity (Wildman–Crippen MR) is 281 cm³/mol. The van der Waals surface area contributed by atoms with Gasteiger partial charge in [-0.25, -0.2) is 0 Å². The van der Waals surface area contributed by atoms with Crippen molar-refractivity contribution in [3.8, 4) is 27.9 Å². The molecular formula is C64H41NSe. The van der Waals surface area contributed by atoms with Gasteiger partial charge in [-0.3, -0.25) is 0 Å². The van der Waals surface area contributed by atoms with Crippen LogP contribution in [0.2, 0.25) is 0 Å². The van der Waals surface area contributed by atoms with Crippen molar-refractivity contribution in [3.63, 3.8) is 0 Å². The van der Waals surface area contributed by atoms with Gasteiger partial charge in [0.05, 0.1) is 0 Å². The van der Waals surface area contributed by atoms with E-state index in [-0.39, 0.29) is 26.3 Å². The van der Waals surface area contributed by atoms with Crippen LogP contribution in [-0.2, 0) is 0 Å². The average Bonchev–Trinajstić information content (AvgIpc) is 3.94. The topological polar surface area (TPSA) is 4.93 Å². The summed E-state index contributed by atoms with van der Waals surface area (Å²) in [5.41, 5.74) is 14.3. The van der Waals surface area contributed by atoms with E-state index in [4.69, 9.17) is 0 Å². The molecule has 2 atom stereocenters. The van der Waals surface area contributed by atoms with Gasteiger partial charge in [-0.15, -0.1) is 0 Å². The molecule has 1 nitrogen and oxygen atoms in total. The summed E-state index contributed by atoms with van der Waals surface area (Å²) in [6.07, 6.45) is 9.42. The van der Waals surface area contributed by atoms with Gasteiger partial charge in [0.25, 0.3) is 0 Å². The van der Waals surface area contributed by atoms with E-state index in [0.29, 0.717) is 0 Å². The number of fused-ring (bicyclic) bond motifs is 10. The molecule has 0 N–H and O–H groups in total. The number of aromatic nitrogens is 1. The van der Waals surface area contributed by atoms with Crippen LogP contribution in [0.25, 0.3) is 102 Å². The van der Waals surface area contributed by atoms with Crippen molar-refractivity contribution >= 4 is 88.3 Å². The molecule has 0 amide bonds. The molecule has 0 spiro atoms. The number of hydrogen-bond donors (Lipinski definition) is 0. The van der Waals surface area contributed by atoms with Crippen molar-refractivity contribution in [3.05, 3.63) is 258 Å². The van der Waals surface area contributed by atoms with E-state index in [1.54, 1.807) is 0 Å². The molecule has 0 saturated heterocycles. The Morgan fingerprint density at radius 3 is 1.42 bits per heavy atom. The first kappa shape index (κ1) is 37.6. The molecule has 0 radical (unpaired) electrons. The Bertz CT molecular complexity index is 4110. The molecule has 2 aliphatic carbocycles. The van der Waals surface area contributed by atoms with Gasteiger partial charge in [0.2, 0.25) is 0 Å². The van der Waals surface area contributed by atoms with Crippen molar-refractivity contribution in [2.75, 3.05) is 0 Å². The van der Waals surface area contributed by atoms with Crippen LogP contribution in [-0.4, -0.2) is 19.1 Å². The maximum absolute atomic E-state index is 2.46. The first-order valence-electron chi connectivity index (χ1n) is 23.0. The second-order valence-corrected chi connectivity index (χ2v) is 20.0. The SMILES string of the molecule is C1=CC2C(c3ccccc3)=c3ccccc3=C(c3cccc4[se]c5cccc(-c6c7ccccc7c(-c7cccc8c7c7ccccc7n8-c7ccccc7)c7ccccc67)c5c34)C2C=C1. The Kier molecular flexibility index (Phi) is 8.50. The van der Waals surface area contributed by atoms with Gasteiger partial charge in [0.15, 0.2) is 0 Å². The van der Waals surface area contributed by atoms with Gasteiger partial charge in [0.1, 0.15) is 0 Å². The van der Waals surface area contributed by atoms with E-state index >= 15 is 0 Å². The van der Waals surface area contributed by atoms with E-state index in [1.807, 2.05) is 0 Å². The van der Waals surface area contributed by atoms with Crippen molar-refractivity contribution in [1.29, 1.82) is 0 Å². The van der Waals surface area contributed by atoms with Gasteiger partial charge in [-0.1, -0.05) is 24.3 Å². The maximum atomic E-state index is 2.46. The summed E-state index contributed by atoms with van der Waals surface area (Å²) in [6.45, 7) is 0. The van der Waals surface area contributed by atoms with Crippen LogP contribution in [0.15, 0.2) is 237 Å². The standard InChI is InChI=1S/C64H41NSe/c1-3-20-40(21-4-1)58-42-24-7-9-26-44(42)60(45-27-10-8-25-43(45)58)52-34-18-38-56-63(52)64-53(35-19-39-57(64)66-56)61-48-30-13-11-28-46(48)59(47-29-12-14-31-49(47)61)51-33-17-37-55-62(51)50-32-15-16-36-54(50)65(55)41-22-5-2-6-23-41/h1-39,42,44H. The second kappa shape index (κ2) is 14.9. The molecule has 66 heavy (non-hydrogen) atoms. The molecule has 10 aromatic carbocycles. The third kappa shape index (κ3) is 5.47. The normalized spacial score (nSPS) is 15.7. The molecule has 2 heteroatoms. The number of nitrogens with zero attached hydrogens (tertiary/aromatic N) is 1. The summed E-state index contributed by atoms with van der Waals surface area (Å²) in [5.74, 6) is 0.429. The van der Waals surface area contributed by atoms with Crippen molar-refractivity contribution in [2.45, 2.75) is 0 Å². The first-order valence-corrected chi connectivity index (χ1v) is 24.7. The Morgan fingerprint density at radius 1 is 0.333 bits per heavy atom. The van der Waals surface area contributed by atoms with Crippen LogP contribution in [0.1, 0.15) is 11.1 Å². The third-order valence-electron chi connectivity index (χ3n) is 14.4. The summed E-state index contributed by atoms with van der Waals surface area (Å²) in [4.78, 5) is 0. The van der Waals surface area contributed by atoms with Gasteiger partial charge in [0, 0.05) is 0 Å². The number of hydrogen-bond acceptors (Lipinski definition) is 0. The second-order valence-electron chi connectivity index (χ2n) is 17.7. The summed E-state index contributed by atoms with van der Waals surface area (Å²) in [7, 11) is 0. The Balaban J connectivity index is 1.08. The zero-order chi connectivity index (χ0) is 43.3. The number of rotatable bonds is 5. The minimum atomic E-state index is 0.155. The fraction of sp³-hybridized carbons (Fsp3) is 0.0312. The molecule has 12 aromatic rings. The van der Waals surface area contributed by atoms with Crippen molar-refractivity contribution in [1.82, 2.24) is 4.57 Å². The van der Waals surface area contributed by atoms with Crippen LogP contribution in [0.3, 0.4) is 0 Å². The summed E-state index contributed by atoms with van der Waals surface area (Å²) in [6, 6.07) is 79.5. The van der Waals surface area contributed by atoms with Crippen LogP contribution < -0.4 is 10.4 Å². The number of benzene rings is 10. The molecule has 2 aromatic heterocycles. The molecule has 14 rings (SSSR count). The van der Waals surface area contributed by atoms with Crippen molar-refractivity contribution in [2.24, 2.45) is 11.8 Å². The molecule has 2 unspecified atom stereocenters. The molecule has 0 bridgehead atoms. The van der Waals surface area contributed by atoms with E-state index in [9.17, 15) is 0 Å². The van der Waals surface area contributed by atoms with E-state index < -0.39 is 0 Å². The molecular weight excluding hydrogens is 862 g/mol. The average molecular weight is 903 g/mol. The van der Waals surface area contributed by atoms with Gasteiger partial charge in [-0.2, -0.15) is 0 Å². The monoisotopic (exact) mass is 903 g/mol. The summed E-state index contributed by atoms with van der Waals surface area (Å²) >= 11 is 0.155. The fourth-order valence-electron chi connectivity index (χ4n) is 11.9. The Morgan fingerprint density at radius 2 is 0.788 bits per heavy atom. The fourth-order valence-corrected chi connectivity index (χ4v) is 14.3. The minimum absolute atomic E-state index is 0.155. The predicted octanol–water partition coefficient (Wildman–Crippen LogP) is 14.6. The van der Waals surface area contributed by atoms with Crippen LogP contribution in [0, 0.1) is 11.8 Å². The molecule has 0 saturated carbocycles. The molecule has 2 aliphatic rings. The van der Waals surface area contributed by atoms with Crippen LogP contribution in [0.4, 0.5) is 0 Å². The van der Waals surface area contributed by atoms with E-state index in [0.717, 1.165) is 0 Å². The zero-order valence-corrected chi connectivity index (χ0v) is 37.7. The third-order valence-corrected chi connectivity index (χ3v) is 16.7. The number of para-hydroxylation sites is 2. The van der Waals surface area contributed by atoms with E-state index in [2.05, 4.69) is 241 Å². The zero-order valence-electron chi connectivity index (χ0n) is 36.0. The van der Waals surface area contributed by atoms with Crippen LogP contribution >= 0.6 is 0 Å².